The highest BCUT2D eigenvalue weighted by Gasteiger charge is 2.41. The standard InChI is InChI=1S/C17H30ClNOSSi/c1-17(2,3)22(4,5)20-15-9-7-6-8-14(15)19-12-16-13(18)10-11-21-16/h10-11,14-15,19H,6-9,12H2,1-5H3/t14-,15-/m0/s1. The van der Waals surface area contributed by atoms with Crippen molar-refractivity contribution < 1.29 is 4.43 Å². The maximum absolute atomic E-state index is 6.70. The molecule has 0 unspecified atom stereocenters. The van der Waals surface area contributed by atoms with Crippen molar-refractivity contribution in [3.8, 4) is 0 Å². The Labute approximate surface area is 145 Å². The Morgan fingerprint density at radius 3 is 2.59 bits per heavy atom. The molecular weight excluding hydrogens is 330 g/mol. The van der Waals surface area contributed by atoms with Crippen molar-refractivity contribution in [1.82, 2.24) is 5.32 Å². The molecule has 0 aliphatic heterocycles. The van der Waals surface area contributed by atoms with E-state index in [0.717, 1.165) is 11.6 Å². The Bertz CT molecular complexity index is 483. The monoisotopic (exact) mass is 359 g/mol. The Kier molecular flexibility index (Phi) is 6.17. The van der Waals surface area contributed by atoms with Gasteiger partial charge >= 0.3 is 0 Å². The van der Waals surface area contributed by atoms with Crippen LogP contribution in [0.1, 0.15) is 51.3 Å². The van der Waals surface area contributed by atoms with E-state index in [9.17, 15) is 0 Å². The van der Waals surface area contributed by atoms with Gasteiger partial charge < -0.3 is 9.74 Å². The number of rotatable bonds is 5. The molecule has 2 rings (SSSR count). The van der Waals surface area contributed by atoms with Crippen LogP contribution in [-0.4, -0.2) is 20.5 Å². The van der Waals surface area contributed by atoms with Gasteiger partial charge in [-0.1, -0.05) is 45.2 Å². The lowest BCUT2D eigenvalue weighted by atomic mass is 9.92. The van der Waals surface area contributed by atoms with Gasteiger partial charge in [-0.2, -0.15) is 0 Å². The highest BCUT2D eigenvalue weighted by atomic mass is 35.5. The first-order chi connectivity index (χ1) is 10.2. The molecule has 0 spiro atoms. The average Bonchev–Trinajstić information content (AvgIpc) is 2.81. The fourth-order valence-corrected chi connectivity index (χ4v) is 5.15. The first kappa shape index (κ1) is 18.5. The van der Waals surface area contributed by atoms with Crippen LogP contribution < -0.4 is 5.32 Å². The molecule has 1 aliphatic rings. The fraction of sp³-hybridized carbons (Fsp3) is 0.765. The van der Waals surface area contributed by atoms with E-state index >= 15 is 0 Å². The van der Waals surface area contributed by atoms with Gasteiger partial charge in [0.15, 0.2) is 8.32 Å². The minimum Gasteiger partial charge on any atom is -0.412 e. The molecule has 1 fully saturated rings. The zero-order chi connectivity index (χ0) is 16.4. The van der Waals surface area contributed by atoms with Crippen LogP contribution >= 0.6 is 22.9 Å². The van der Waals surface area contributed by atoms with Gasteiger partial charge in [-0.3, -0.25) is 0 Å². The van der Waals surface area contributed by atoms with Crippen LogP contribution in [-0.2, 0) is 11.0 Å². The zero-order valence-electron chi connectivity index (χ0n) is 14.5. The van der Waals surface area contributed by atoms with E-state index in [4.69, 9.17) is 16.0 Å². The van der Waals surface area contributed by atoms with E-state index in [1.165, 1.54) is 30.6 Å². The molecule has 1 aromatic rings. The zero-order valence-corrected chi connectivity index (χ0v) is 17.1. The highest BCUT2D eigenvalue weighted by Crippen LogP contribution is 2.39. The van der Waals surface area contributed by atoms with Crippen molar-refractivity contribution in [2.45, 2.75) is 83.3 Å². The second-order valence-electron chi connectivity index (χ2n) is 7.88. The van der Waals surface area contributed by atoms with Crippen molar-refractivity contribution in [3.05, 3.63) is 21.3 Å². The Hall–Kier alpha value is 0.127. The summed E-state index contributed by atoms with van der Waals surface area (Å²) in [5, 5.41) is 6.93. The van der Waals surface area contributed by atoms with E-state index in [1.54, 1.807) is 11.3 Å². The fourth-order valence-electron chi connectivity index (χ4n) is 2.70. The van der Waals surface area contributed by atoms with Crippen LogP contribution in [0.3, 0.4) is 0 Å². The van der Waals surface area contributed by atoms with Crippen LogP contribution in [0.5, 0.6) is 0 Å². The molecule has 0 bridgehead atoms. The summed E-state index contributed by atoms with van der Waals surface area (Å²) in [6, 6.07) is 2.44. The summed E-state index contributed by atoms with van der Waals surface area (Å²) in [6.07, 6.45) is 5.34. The highest BCUT2D eigenvalue weighted by molar-refractivity contribution is 7.10. The summed E-state index contributed by atoms with van der Waals surface area (Å²) in [4.78, 5) is 1.23. The molecule has 1 aliphatic carbocycles. The van der Waals surface area contributed by atoms with E-state index in [2.05, 4.69) is 44.6 Å². The van der Waals surface area contributed by atoms with Crippen molar-refractivity contribution in [2.24, 2.45) is 0 Å². The van der Waals surface area contributed by atoms with E-state index in [0.29, 0.717) is 12.1 Å². The molecule has 22 heavy (non-hydrogen) atoms. The Balaban J connectivity index is 1.98. The van der Waals surface area contributed by atoms with Crippen molar-refractivity contribution in [2.75, 3.05) is 0 Å². The van der Waals surface area contributed by atoms with Gasteiger partial charge in [0.25, 0.3) is 0 Å². The molecule has 1 aromatic heterocycles. The smallest absolute Gasteiger partial charge is 0.192 e. The Morgan fingerprint density at radius 1 is 1.32 bits per heavy atom. The quantitative estimate of drug-likeness (QED) is 0.668. The molecular formula is C17H30ClNOSSi. The summed E-state index contributed by atoms with van der Waals surface area (Å²) in [5.74, 6) is 0. The molecule has 2 atom stereocenters. The molecule has 0 radical (unpaired) electrons. The molecule has 2 nitrogen and oxygen atoms in total. The van der Waals surface area contributed by atoms with E-state index in [-0.39, 0.29) is 5.04 Å². The third kappa shape index (κ3) is 4.57. The second-order valence-corrected chi connectivity index (χ2v) is 14.0. The van der Waals surface area contributed by atoms with Gasteiger partial charge in [-0.05, 0) is 42.4 Å². The number of halogens is 1. The minimum atomic E-state index is -1.70. The van der Waals surface area contributed by atoms with E-state index < -0.39 is 8.32 Å². The summed E-state index contributed by atoms with van der Waals surface area (Å²) in [6.45, 7) is 12.5. The van der Waals surface area contributed by atoms with Crippen LogP contribution in [0.4, 0.5) is 0 Å². The molecule has 0 amide bonds. The first-order valence-electron chi connectivity index (χ1n) is 8.34. The van der Waals surface area contributed by atoms with Crippen molar-refractivity contribution in [1.29, 1.82) is 0 Å². The van der Waals surface area contributed by atoms with Crippen LogP contribution in [0.2, 0.25) is 23.2 Å². The largest absolute Gasteiger partial charge is 0.412 e. The number of nitrogens with one attached hydrogen (secondary N) is 1. The molecule has 1 saturated carbocycles. The van der Waals surface area contributed by atoms with Gasteiger partial charge in [-0.15, -0.1) is 11.3 Å². The number of thiophene rings is 1. The van der Waals surface area contributed by atoms with Crippen molar-refractivity contribution in [3.63, 3.8) is 0 Å². The lowest BCUT2D eigenvalue weighted by Gasteiger charge is -2.43. The number of hydrogen-bond donors (Lipinski definition) is 1. The lowest BCUT2D eigenvalue weighted by molar-refractivity contribution is 0.0989. The van der Waals surface area contributed by atoms with Gasteiger partial charge in [0.1, 0.15) is 0 Å². The normalized spacial score (nSPS) is 23.7. The predicted octanol–water partition coefficient (Wildman–Crippen LogP) is 5.82. The summed E-state index contributed by atoms with van der Waals surface area (Å²) in [7, 11) is -1.70. The molecule has 0 aromatic carbocycles. The topological polar surface area (TPSA) is 21.3 Å². The molecule has 0 saturated heterocycles. The van der Waals surface area contributed by atoms with Gasteiger partial charge in [0.05, 0.1) is 11.1 Å². The second kappa shape index (κ2) is 7.35. The minimum absolute atomic E-state index is 0.270. The Morgan fingerprint density at radius 2 is 2.00 bits per heavy atom. The molecule has 1 heterocycles. The number of hydrogen-bond acceptors (Lipinski definition) is 3. The summed E-state index contributed by atoms with van der Waals surface area (Å²) >= 11 is 7.94. The van der Waals surface area contributed by atoms with Crippen molar-refractivity contribution >= 4 is 31.3 Å². The summed E-state index contributed by atoms with van der Waals surface area (Å²) in [5.41, 5.74) is 0. The van der Waals surface area contributed by atoms with Crippen LogP contribution in [0, 0.1) is 0 Å². The van der Waals surface area contributed by atoms with Crippen LogP contribution in [0.15, 0.2) is 11.4 Å². The lowest BCUT2D eigenvalue weighted by Crippen LogP contribution is -2.51. The molecule has 1 N–H and O–H groups in total. The predicted molar refractivity (Wildman–Crippen MR) is 100 cm³/mol. The SMILES string of the molecule is CC(C)(C)[Si](C)(C)O[C@H]1CCCC[C@@H]1NCc1sccc1Cl. The third-order valence-electron chi connectivity index (χ3n) is 5.17. The molecule has 5 heteroatoms. The average molecular weight is 360 g/mol. The molecule has 126 valence electrons. The van der Waals surface area contributed by atoms with Gasteiger partial charge in [0, 0.05) is 17.5 Å². The summed E-state index contributed by atoms with van der Waals surface area (Å²) < 4.78 is 6.70. The van der Waals surface area contributed by atoms with E-state index in [1.807, 2.05) is 6.07 Å². The first-order valence-corrected chi connectivity index (χ1v) is 12.5. The van der Waals surface area contributed by atoms with Gasteiger partial charge in [-0.25, -0.2) is 0 Å². The maximum Gasteiger partial charge on any atom is 0.192 e. The maximum atomic E-state index is 6.70. The third-order valence-corrected chi connectivity index (χ3v) is 11.1. The van der Waals surface area contributed by atoms with Gasteiger partial charge in [0.2, 0.25) is 0 Å². The van der Waals surface area contributed by atoms with Crippen LogP contribution in [0.25, 0.3) is 0 Å².